The minimum absolute atomic E-state index is 1.00. The SMILES string of the molecule is Ic1ccc(CSc2nccs2)cc1. The summed E-state index contributed by atoms with van der Waals surface area (Å²) in [4.78, 5) is 4.23. The average molecular weight is 333 g/mol. The maximum absolute atomic E-state index is 4.23. The van der Waals surface area contributed by atoms with Crippen molar-refractivity contribution in [2.45, 2.75) is 10.1 Å². The second kappa shape index (κ2) is 5.14. The first-order valence-electron chi connectivity index (χ1n) is 4.11. The molecule has 2 rings (SSSR count). The van der Waals surface area contributed by atoms with Gasteiger partial charge in [-0.15, -0.1) is 11.3 Å². The quantitative estimate of drug-likeness (QED) is 0.621. The van der Waals surface area contributed by atoms with Gasteiger partial charge >= 0.3 is 0 Å². The van der Waals surface area contributed by atoms with Gasteiger partial charge in [-0.25, -0.2) is 4.98 Å². The maximum Gasteiger partial charge on any atom is 0.150 e. The van der Waals surface area contributed by atoms with E-state index in [1.54, 1.807) is 23.1 Å². The molecule has 2 aromatic rings. The molecule has 0 N–H and O–H groups in total. The summed E-state index contributed by atoms with van der Waals surface area (Å²) in [5.41, 5.74) is 1.35. The third-order valence-corrected chi connectivity index (χ3v) is 4.44. The van der Waals surface area contributed by atoms with Gasteiger partial charge in [0.05, 0.1) is 0 Å². The highest BCUT2D eigenvalue weighted by Crippen LogP contribution is 2.24. The number of thioether (sulfide) groups is 1. The van der Waals surface area contributed by atoms with E-state index in [2.05, 4.69) is 51.8 Å². The van der Waals surface area contributed by atoms with Crippen LogP contribution in [0.2, 0.25) is 0 Å². The van der Waals surface area contributed by atoms with Gasteiger partial charge in [-0.1, -0.05) is 23.9 Å². The first-order chi connectivity index (χ1) is 6.84. The highest BCUT2D eigenvalue weighted by molar-refractivity contribution is 14.1. The molecule has 0 aliphatic carbocycles. The molecule has 0 amide bonds. The van der Waals surface area contributed by atoms with E-state index in [1.807, 2.05) is 11.6 Å². The Kier molecular flexibility index (Phi) is 3.83. The standard InChI is InChI=1S/C10H8INS2/c11-9-3-1-8(2-4-9)7-14-10-12-5-6-13-10/h1-6H,7H2. The summed E-state index contributed by atoms with van der Waals surface area (Å²) in [5, 5.41) is 2.01. The summed E-state index contributed by atoms with van der Waals surface area (Å²) in [7, 11) is 0. The maximum atomic E-state index is 4.23. The van der Waals surface area contributed by atoms with Crippen molar-refractivity contribution in [1.82, 2.24) is 4.98 Å². The van der Waals surface area contributed by atoms with Crippen LogP contribution in [-0.4, -0.2) is 4.98 Å². The molecule has 1 heterocycles. The molecule has 0 aliphatic rings. The zero-order chi connectivity index (χ0) is 9.80. The van der Waals surface area contributed by atoms with Crippen molar-refractivity contribution in [1.29, 1.82) is 0 Å². The predicted molar refractivity (Wildman–Crippen MR) is 70.8 cm³/mol. The van der Waals surface area contributed by atoms with Crippen molar-refractivity contribution >= 4 is 45.7 Å². The molecule has 0 saturated heterocycles. The summed E-state index contributed by atoms with van der Waals surface area (Å²) in [6.07, 6.45) is 1.85. The van der Waals surface area contributed by atoms with Crippen molar-refractivity contribution in [2.24, 2.45) is 0 Å². The van der Waals surface area contributed by atoms with Crippen molar-refractivity contribution in [2.75, 3.05) is 0 Å². The second-order valence-electron chi connectivity index (χ2n) is 2.71. The van der Waals surface area contributed by atoms with Crippen molar-refractivity contribution in [3.8, 4) is 0 Å². The van der Waals surface area contributed by atoms with Gasteiger partial charge in [0, 0.05) is 20.9 Å². The van der Waals surface area contributed by atoms with E-state index in [9.17, 15) is 0 Å². The Morgan fingerprint density at radius 1 is 1.29 bits per heavy atom. The number of hydrogen-bond donors (Lipinski definition) is 0. The fourth-order valence-corrected chi connectivity index (χ4v) is 2.96. The highest BCUT2D eigenvalue weighted by Gasteiger charge is 1.97. The summed E-state index contributed by atoms with van der Waals surface area (Å²) in [6.45, 7) is 0. The Balaban J connectivity index is 1.95. The monoisotopic (exact) mass is 333 g/mol. The molecule has 72 valence electrons. The van der Waals surface area contributed by atoms with Crippen LogP contribution in [0, 0.1) is 3.57 Å². The summed E-state index contributed by atoms with van der Waals surface area (Å²) < 4.78 is 2.43. The first-order valence-corrected chi connectivity index (χ1v) is 7.06. The molecule has 0 saturated carbocycles. The Morgan fingerprint density at radius 3 is 2.71 bits per heavy atom. The topological polar surface area (TPSA) is 12.9 Å². The van der Waals surface area contributed by atoms with Crippen LogP contribution >= 0.6 is 45.7 Å². The molecule has 1 aromatic heterocycles. The highest BCUT2D eigenvalue weighted by atomic mass is 127. The van der Waals surface area contributed by atoms with E-state index in [1.165, 1.54) is 9.13 Å². The Bertz CT molecular complexity index is 383. The van der Waals surface area contributed by atoms with Crippen LogP contribution < -0.4 is 0 Å². The molecular formula is C10H8INS2. The molecule has 14 heavy (non-hydrogen) atoms. The van der Waals surface area contributed by atoms with Gasteiger partial charge in [0.25, 0.3) is 0 Å². The van der Waals surface area contributed by atoms with E-state index < -0.39 is 0 Å². The third kappa shape index (κ3) is 2.96. The van der Waals surface area contributed by atoms with Crippen molar-refractivity contribution in [3.05, 3.63) is 45.0 Å². The zero-order valence-electron chi connectivity index (χ0n) is 7.31. The summed E-state index contributed by atoms with van der Waals surface area (Å²) in [5.74, 6) is 1.00. The molecule has 0 radical (unpaired) electrons. The Hall–Kier alpha value is -0.0700. The number of aromatic nitrogens is 1. The minimum atomic E-state index is 1.00. The molecule has 0 bridgehead atoms. The van der Waals surface area contributed by atoms with E-state index >= 15 is 0 Å². The number of hydrogen-bond acceptors (Lipinski definition) is 3. The van der Waals surface area contributed by atoms with Gasteiger partial charge in [-0.2, -0.15) is 0 Å². The van der Waals surface area contributed by atoms with Gasteiger partial charge < -0.3 is 0 Å². The number of thiazole rings is 1. The lowest BCUT2D eigenvalue weighted by atomic mass is 10.2. The van der Waals surface area contributed by atoms with E-state index in [0.29, 0.717) is 0 Å². The van der Waals surface area contributed by atoms with Crippen LogP contribution in [0.1, 0.15) is 5.56 Å². The van der Waals surface area contributed by atoms with Gasteiger partial charge in [0.2, 0.25) is 0 Å². The lowest BCUT2D eigenvalue weighted by Crippen LogP contribution is -1.80. The smallest absolute Gasteiger partial charge is 0.150 e. The van der Waals surface area contributed by atoms with Gasteiger partial charge in [0.1, 0.15) is 4.34 Å². The minimum Gasteiger partial charge on any atom is -0.238 e. The number of nitrogens with zero attached hydrogens (tertiary/aromatic N) is 1. The molecule has 0 aliphatic heterocycles. The van der Waals surface area contributed by atoms with Gasteiger partial charge in [-0.05, 0) is 40.3 Å². The van der Waals surface area contributed by atoms with E-state index in [-0.39, 0.29) is 0 Å². The van der Waals surface area contributed by atoms with Crippen LogP contribution in [0.5, 0.6) is 0 Å². The first kappa shape index (κ1) is 10.4. The molecule has 0 fully saturated rings. The summed E-state index contributed by atoms with van der Waals surface area (Å²) in [6, 6.07) is 8.61. The second-order valence-corrected chi connectivity index (χ2v) is 6.08. The average Bonchev–Trinajstić information content (AvgIpc) is 2.70. The van der Waals surface area contributed by atoms with Crippen molar-refractivity contribution in [3.63, 3.8) is 0 Å². The normalized spacial score (nSPS) is 10.4. The van der Waals surface area contributed by atoms with Crippen LogP contribution in [0.15, 0.2) is 40.2 Å². The number of benzene rings is 1. The summed E-state index contributed by atoms with van der Waals surface area (Å²) >= 11 is 5.81. The van der Waals surface area contributed by atoms with E-state index in [4.69, 9.17) is 0 Å². The van der Waals surface area contributed by atoms with Crippen LogP contribution in [-0.2, 0) is 5.75 Å². The van der Waals surface area contributed by atoms with Crippen LogP contribution in [0.3, 0.4) is 0 Å². The predicted octanol–water partition coefficient (Wildman–Crippen LogP) is 4.04. The molecule has 0 atom stereocenters. The lowest BCUT2D eigenvalue weighted by Gasteiger charge is -1.98. The molecule has 0 unspecified atom stereocenters. The number of halogens is 1. The largest absolute Gasteiger partial charge is 0.238 e. The molecular weight excluding hydrogens is 325 g/mol. The molecule has 0 spiro atoms. The third-order valence-electron chi connectivity index (χ3n) is 1.69. The van der Waals surface area contributed by atoms with Gasteiger partial charge in [-0.3, -0.25) is 0 Å². The fourth-order valence-electron chi connectivity index (χ4n) is 1.01. The molecule has 4 heteroatoms. The zero-order valence-corrected chi connectivity index (χ0v) is 11.1. The van der Waals surface area contributed by atoms with Crippen LogP contribution in [0.4, 0.5) is 0 Å². The fraction of sp³-hybridized carbons (Fsp3) is 0.100. The Morgan fingerprint density at radius 2 is 2.07 bits per heavy atom. The molecule has 1 nitrogen and oxygen atoms in total. The number of rotatable bonds is 3. The Labute approximate surface area is 105 Å². The van der Waals surface area contributed by atoms with E-state index in [0.717, 1.165) is 10.1 Å². The van der Waals surface area contributed by atoms with Crippen molar-refractivity contribution < 1.29 is 0 Å². The van der Waals surface area contributed by atoms with Crippen LogP contribution in [0.25, 0.3) is 0 Å². The lowest BCUT2D eigenvalue weighted by molar-refractivity contribution is 1.24. The van der Waals surface area contributed by atoms with Gasteiger partial charge in [0.15, 0.2) is 0 Å². The molecule has 1 aromatic carbocycles.